The van der Waals surface area contributed by atoms with Crippen LogP contribution in [0, 0.1) is 17.3 Å². The fourth-order valence-electron chi connectivity index (χ4n) is 5.40. The molecule has 0 bridgehead atoms. The molecule has 1 aromatic carbocycles. The summed E-state index contributed by atoms with van der Waals surface area (Å²) in [6.45, 7) is 2.07. The molecule has 3 nitrogen and oxygen atoms in total. The van der Waals surface area contributed by atoms with Crippen molar-refractivity contribution in [3.63, 3.8) is 0 Å². The quantitative estimate of drug-likeness (QED) is 0.771. The lowest BCUT2D eigenvalue weighted by Crippen LogP contribution is -2.45. The number of ketones is 1. The Balaban J connectivity index is 1.75. The minimum Gasteiger partial charge on any atom is -0.508 e. The normalized spacial score (nSPS) is 41.3. The van der Waals surface area contributed by atoms with Crippen LogP contribution in [0.15, 0.2) is 18.2 Å². The summed E-state index contributed by atoms with van der Waals surface area (Å²) in [6, 6.07) is 5.70. The summed E-state index contributed by atoms with van der Waals surface area (Å²) < 4.78 is 0. The first-order valence-electron chi connectivity index (χ1n) is 8.04. The topological polar surface area (TPSA) is 57.5 Å². The summed E-state index contributed by atoms with van der Waals surface area (Å²) in [6.07, 6.45) is 3.74. The van der Waals surface area contributed by atoms with Crippen LogP contribution in [0.2, 0.25) is 0 Å². The number of aromatic hydroxyl groups is 1. The third-order valence-corrected chi connectivity index (χ3v) is 6.41. The molecule has 5 atom stereocenters. The van der Waals surface area contributed by atoms with Crippen molar-refractivity contribution in [1.82, 2.24) is 0 Å². The molecular formula is C18H22O3. The average Bonchev–Trinajstić information content (AvgIpc) is 2.68. The van der Waals surface area contributed by atoms with E-state index in [0.717, 1.165) is 25.7 Å². The number of aryl methyl sites for hydroxylation is 1. The van der Waals surface area contributed by atoms with Gasteiger partial charge in [0, 0.05) is 17.8 Å². The summed E-state index contributed by atoms with van der Waals surface area (Å²) in [5.74, 6) is 1.56. The van der Waals surface area contributed by atoms with Crippen LogP contribution in [0.5, 0.6) is 5.75 Å². The zero-order valence-electron chi connectivity index (χ0n) is 12.4. The standard InChI is InChI=1S/C18H22O3/c1-18-7-6-13-12-5-3-11(19)8-10(12)2-4-14(13)17(18)15(20)9-16(18)21/h3,5,8,13-15,17,19-20H,2,4,6-7,9H2,1H3/t13-,14-,15+,17+,18-/m1/s1. The number of hydrogen-bond acceptors (Lipinski definition) is 3. The van der Waals surface area contributed by atoms with Gasteiger partial charge in [-0.2, -0.15) is 0 Å². The SMILES string of the molecule is C[C@]12CC[C@@H]3c4ccc(O)cc4CC[C@H]3[C@H]1[C@@H](O)CC2=O. The second-order valence-corrected chi connectivity index (χ2v) is 7.37. The number of phenolic OH excluding ortho intramolecular Hbond substituents is 1. The highest BCUT2D eigenvalue weighted by atomic mass is 16.3. The molecule has 0 radical (unpaired) electrons. The fraction of sp³-hybridized carbons (Fsp3) is 0.611. The molecule has 0 aliphatic heterocycles. The molecule has 2 N–H and O–H groups in total. The number of carbonyl (C=O) groups is 1. The van der Waals surface area contributed by atoms with Crippen LogP contribution in [0.4, 0.5) is 0 Å². The summed E-state index contributed by atoms with van der Waals surface area (Å²) in [5.41, 5.74) is 2.27. The van der Waals surface area contributed by atoms with E-state index in [1.807, 2.05) is 12.1 Å². The Kier molecular flexibility index (Phi) is 2.74. The second-order valence-electron chi connectivity index (χ2n) is 7.37. The van der Waals surface area contributed by atoms with Crippen molar-refractivity contribution in [2.45, 2.75) is 51.0 Å². The number of rotatable bonds is 0. The van der Waals surface area contributed by atoms with Crippen molar-refractivity contribution in [3.8, 4) is 5.75 Å². The van der Waals surface area contributed by atoms with Crippen molar-refractivity contribution < 1.29 is 15.0 Å². The predicted octanol–water partition coefficient (Wildman–Crippen LogP) is 2.79. The third kappa shape index (κ3) is 1.73. The molecule has 2 saturated carbocycles. The summed E-state index contributed by atoms with van der Waals surface area (Å²) in [7, 11) is 0. The number of phenols is 1. The molecular weight excluding hydrogens is 264 g/mol. The molecule has 4 rings (SSSR count). The Labute approximate surface area is 125 Å². The van der Waals surface area contributed by atoms with Gasteiger partial charge in [0.15, 0.2) is 0 Å². The lowest BCUT2D eigenvalue weighted by molar-refractivity contribution is -0.129. The van der Waals surface area contributed by atoms with Gasteiger partial charge in [-0.05, 0) is 60.8 Å². The zero-order chi connectivity index (χ0) is 14.8. The first kappa shape index (κ1) is 13.3. The van der Waals surface area contributed by atoms with E-state index in [2.05, 4.69) is 6.92 Å². The third-order valence-electron chi connectivity index (χ3n) is 6.41. The molecule has 21 heavy (non-hydrogen) atoms. The van der Waals surface area contributed by atoms with Crippen LogP contribution in [0.3, 0.4) is 0 Å². The van der Waals surface area contributed by atoms with E-state index in [1.54, 1.807) is 6.07 Å². The van der Waals surface area contributed by atoms with E-state index in [9.17, 15) is 15.0 Å². The van der Waals surface area contributed by atoms with Gasteiger partial charge in [-0.25, -0.2) is 0 Å². The van der Waals surface area contributed by atoms with E-state index >= 15 is 0 Å². The molecule has 3 aliphatic rings. The van der Waals surface area contributed by atoms with Gasteiger partial charge in [-0.15, -0.1) is 0 Å². The van der Waals surface area contributed by atoms with Crippen LogP contribution in [-0.4, -0.2) is 22.1 Å². The Morgan fingerprint density at radius 1 is 1.29 bits per heavy atom. The van der Waals surface area contributed by atoms with Crippen LogP contribution in [-0.2, 0) is 11.2 Å². The number of aliphatic hydroxyl groups excluding tert-OH is 1. The molecule has 1 aromatic rings. The van der Waals surface area contributed by atoms with E-state index in [4.69, 9.17) is 0 Å². The van der Waals surface area contributed by atoms with Gasteiger partial charge in [0.1, 0.15) is 11.5 Å². The van der Waals surface area contributed by atoms with E-state index in [0.29, 0.717) is 24.0 Å². The second kappa shape index (κ2) is 4.33. The minimum atomic E-state index is -0.464. The van der Waals surface area contributed by atoms with E-state index < -0.39 is 6.10 Å². The molecule has 0 saturated heterocycles. The number of fused-ring (bicyclic) bond motifs is 5. The number of carbonyl (C=O) groups excluding carboxylic acids is 1. The van der Waals surface area contributed by atoms with Crippen LogP contribution in [0.1, 0.15) is 49.7 Å². The Morgan fingerprint density at radius 2 is 2.10 bits per heavy atom. The summed E-state index contributed by atoms with van der Waals surface area (Å²) in [4.78, 5) is 12.3. The zero-order valence-corrected chi connectivity index (χ0v) is 12.4. The first-order valence-corrected chi connectivity index (χ1v) is 8.04. The maximum atomic E-state index is 12.3. The molecule has 3 heteroatoms. The van der Waals surface area contributed by atoms with Gasteiger partial charge in [0.05, 0.1) is 6.10 Å². The minimum absolute atomic E-state index is 0.116. The maximum absolute atomic E-state index is 12.3. The van der Waals surface area contributed by atoms with Gasteiger partial charge in [0.2, 0.25) is 0 Å². The highest BCUT2D eigenvalue weighted by Gasteiger charge is 2.58. The summed E-state index contributed by atoms with van der Waals surface area (Å²) in [5, 5.41) is 20.1. The van der Waals surface area contributed by atoms with E-state index in [1.165, 1.54) is 11.1 Å². The van der Waals surface area contributed by atoms with Crippen molar-refractivity contribution in [2.75, 3.05) is 0 Å². The fourth-order valence-corrected chi connectivity index (χ4v) is 5.40. The molecule has 0 heterocycles. The van der Waals surface area contributed by atoms with Gasteiger partial charge < -0.3 is 10.2 Å². The molecule has 0 aromatic heterocycles. The average molecular weight is 286 g/mol. The first-order chi connectivity index (χ1) is 10.0. The lowest BCUT2D eigenvalue weighted by atomic mass is 9.55. The number of Topliss-reactive ketones (excluding diaryl/α,β-unsaturated/α-hetero) is 1. The predicted molar refractivity (Wildman–Crippen MR) is 79.1 cm³/mol. The largest absolute Gasteiger partial charge is 0.508 e. The highest BCUT2D eigenvalue weighted by Crippen LogP contribution is 2.59. The van der Waals surface area contributed by atoms with Crippen molar-refractivity contribution >= 4 is 5.78 Å². The number of benzene rings is 1. The molecule has 0 spiro atoms. The van der Waals surface area contributed by atoms with Gasteiger partial charge in [-0.3, -0.25) is 4.79 Å². The van der Waals surface area contributed by atoms with Gasteiger partial charge >= 0.3 is 0 Å². The smallest absolute Gasteiger partial charge is 0.141 e. The number of hydrogen-bond donors (Lipinski definition) is 2. The van der Waals surface area contributed by atoms with Crippen LogP contribution >= 0.6 is 0 Å². The molecule has 2 fully saturated rings. The van der Waals surface area contributed by atoms with Crippen molar-refractivity contribution in [2.24, 2.45) is 17.3 Å². The Bertz CT molecular complexity index is 608. The lowest BCUT2D eigenvalue weighted by Gasteiger charge is -2.49. The monoisotopic (exact) mass is 286 g/mol. The van der Waals surface area contributed by atoms with Crippen LogP contribution < -0.4 is 0 Å². The van der Waals surface area contributed by atoms with E-state index in [-0.39, 0.29) is 17.1 Å². The van der Waals surface area contributed by atoms with Gasteiger partial charge in [0.25, 0.3) is 0 Å². The molecule has 0 unspecified atom stereocenters. The maximum Gasteiger partial charge on any atom is 0.141 e. The van der Waals surface area contributed by atoms with Crippen molar-refractivity contribution in [3.05, 3.63) is 29.3 Å². The van der Waals surface area contributed by atoms with Gasteiger partial charge in [-0.1, -0.05) is 13.0 Å². The van der Waals surface area contributed by atoms with Crippen molar-refractivity contribution in [1.29, 1.82) is 0 Å². The molecule has 112 valence electrons. The Hall–Kier alpha value is -1.35. The Morgan fingerprint density at radius 3 is 2.90 bits per heavy atom. The number of aliphatic hydroxyl groups is 1. The highest BCUT2D eigenvalue weighted by molar-refractivity contribution is 5.88. The molecule has 0 amide bonds. The van der Waals surface area contributed by atoms with Crippen LogP contribution in [0.25, 0.3) is 0 Å². The molecule has 3 aliphatic carbocycles. The summed E-state index contributed by atoms with van der Waals surface area (Å²) >= 11 is 0.